The Balaban J connectivity index is 2.54. The first kappa shape index (κ1) is 13.5. The molecule has 16 heavy (non-hydrogen) atoms. The summed E-state index contributed by atoms with van der Waals surface area (Å²) in [6.07, 6.45) is 5.16. The first-order valence-electron chi connectivity index (χ1n) is 6.74. The average Bonchev–Trinajstić information content (AvgIpc) is 2.17. The fourth-order valence-electron chi connectivity index (χ4n) is 2.68. The Morgan fingerprint density at radius 2 is 2.06 bits per heavy atom. The zero-order valence-corrected chi connectivity index (χ0v) is 11.2. The normalized spacial score (nSPS) is 30.4. The van der Waals surface area contributed by atoms with Gasteiger partial charge in [-0.2, -0.15) is 0 Å². The monoisotopic (exact) mass is 226 g/mol. The highest BCUT2D eigenvalue weighted by atomic mass is 16.5. The quantitative estimate of drug-likeness (QED) is 0.682. The summed E-state index contributed by atoms with van der Waals surface area (Å²) in [5.41, 5.74) is 0. The van der Waals surface area contributed by atoms with E-state index in [1.165, 1.54) is 12.8 Å². The standard InChI is InChI=1S/C14H26O2/c1-5-6-14(15)16-13-9-11(4)7-8-12(13)10(2)3/h10-13H,5-9H2,1-4H3/t11-,12+,13?/m1/s1. The molecule has 2 nitrogen and oxygen atoms in total. The molecule has 0 radical (unpaired) electrons. The molecule has 0 aromatic carbocycles. The molecule has 0 aromatic heterocycles. The molecular weight excluding hydrogens is 200 g/mol. The minimum atomic E-state index is -0.00718. The van der Waals surface area contributed by atoms with E-state index in [9.17, 15) is 4.79 Å². The maximum absolute atomic E-state index is 11.6. The maximum Gasteiger partial charge on any atom is 0.306 e. The third kappa shape index (κ3) is 3.80. The van der Waals surface area contributed by atoms with Crippen LogP contribution in [0.5, 0.6) is 0 Å². The smallest absolute Gasteiger partial charge is 0.306 e. The summed E-state index contributed by atoms with van der Waals surface area (Å²) >= 11 is 0. The van der Waals surface area contributed by atoms with Crippen molar-refractivity contribution in [1.29, 1.82) is 0 Å². The van der Waals surface area contributed by atoms with Crippen molar-refractivity contribution in [2.75, 3.05) is 0 Å². The number of hydrogen-bond donors (Lipinski definition) is 0. The van der Waals surface area contributed by atoms with Crippen LogP contribution in [0.4, 0.5) is 0 Å². The molecule has 2 heteroatoms. The molecule has 0 N–H and O–H groups in total. The highest BCUT2D eigenvalue weighted by Crippen LogP contribution is 2.35. The fourth-order valence-corrected chi connectivity index (χ4v) is 2.68. The second-order valence-electron chi connectivity index (χ2n) is 5.60. The van der Waals surface area contributed by atoms with Crippen LogP contribution in [0.3, 0.4) is 0 Å². The van der Waals surface area contributed by atoms with Gasteiger partial charge in [0.1, 0.15) is 6.10 Å². The fraction of sp³-hybridized carbons (Fsp3) is 0.929. The Kier molecular flexibility index (Phi) is 5.30. The van der Waals surface area contributed by atoms with Crippen molar-refractivity contribution in [2.24, 2.45) is 17.8 Å². The molecule has 1 rings (SSSR count). The molecule has 3 atom stereocenters. The molecule has 1 saturated carbocycles. The summed E-state index contributed by atoms with van der Waals surface area (Å²) in [5, 5.41) is 0. The van der Waals surface area contributed by atoms with Gasteiger partial charge in [-0.1, -0.05) is 34.1 Å². The van der Waals surface area contributed by atoms with Crippen LogP contribution in [0.2, 0.25) is 0 Å². The van der Waals surface area contributed by atoms with E-state index in [4.69, 9.17) is 4.74 Å². The molecule has 0 amide bonds. The molecule has 0 aliphatic heterocycles. The van der Waals surface area contributed by atoms with E-state index in [0.717, 1.165) is 12.8 Å². The van der Waals surface area contributed by atoms with E-state index in [2.05, 4.69) is 20.8 Å². The van der Waals surface area contributed by atoms with Crippen LogP contribution < -0.4 is 0 Å². The van der Waals surface area contributed by atoms with Gasteiger partial charge >= 0.3 is 5.97 Å². The Morgan fingerprint density at radius 1 is 1.38 bits per heavy atom. The van der Waals surface area contributed by atoms with Gasteiger partial charge in [-0.05, 0) is 37.0 Å². The third-order valence-corrected chi connectivity index (χ3v) is 3.70. The van der Waals surface area contributed by atoms with Gasteiger partial charge in [0.05, 0.1) is 0 Å². The van der Waals surface area contributed by atoms with Crippen molar-refractivity contribution in [3.8, 4) is 0 Å². The van der Waals surface area contributed by atoms with Crippen molar-refractivity contribution in [3.63, 3.8) is 0 Å². The lowest BCUT2D eigenvalue weighted by Gasteiger charge is -2.36. The van der Waals surface area contributed by atoms with E-state index in [-0.39, 0.29) is 12.1 Å². The predicted octanol–water partition coefficient (Wildman–Crippen LogP) is 3.79. The van der Waals surface area contributed by atoms with E-state index in [1.807, 2.05) is 6.92 Å². The molecular formula is C14H26O2. The summed E-state index contributed by atoms with van der Waals surface area (Å²) in [6, 6.07) is 0. The van der Waals surface area contributed by atoms with Gasteiger partial charge in [-0.3, -0.25) is 4.79 Å². The predicted molar refractivity (Wildman–Crippen MR) is 66.1 cm³/mol. The second kappa shape index (κ2) is 6.27. The molecule has 0 saturated heterocycles. The van der Waals surface area contributed by atoms with E-state index in [1.54, 1.807) is 0 Å². The number of rotatable bonds is 4. The molecule has 1 fully saturated rings. The van der Waals surface area contributed by atoms with Gasteiger partial charge in [-0.25, -0.2) is 0 Å². The molecule has 0 heterocycles. The molecule has 0 spiro atoms. The lowest BCUT2D eigenvalue weighted by Crippen LogP contribution is -2.35. The summed E-state index contributed by atoms with van der Waals surface area (Å²) in [5.74, 6) is 1.88. The molecule has 0 bridgehead atoms. The topological polar surface area (TPSA) is 26.3 Å². The maximum atomic E-state index is 11.6. The number of ether oxygens (including phenoxy) is 1. The zero-order valence-electron chi connectivity index (χ0n) is 11.2. The third-order valence-electron chi connectivity index (χ3n) is 3.70. The number of esters is 1. The van der Waals surface area contributed by atoms with Crippen LogP contribution in [-0.2, 0) is 9.53 Å². The molecule has 1 aliphatic carbocycles. The summed E-state index contributed by atoms with van der Waals surface area (Å²) in [6.45, 7) is 8.75. The molecule has 94 valence electrons. The van der Waals surface area contributed by atoms with Gasteiger partial charge in [0.25, 0.3) is 0 Å². The summed E-state index contributed by atoms with van der Waals surface area (Å²) in [4.78, 5) is 11.6. The van der Waals surface area contributed by atoms with E-state index >= 15 is 0 Å². The Hall–Kier alpha value is -0.530. The van der Waals surface area contributed by atoms with Gasteiger partial charge in [0.2, 0.25) is 0 Å². The summed E-state index contributed by atoms with van der Waals surface area (Å²) < 4.78 is 5.64. The van der Waals surface area contributed by atoms with Crippen molar-refractivity contribution in [2.45, 2.75) is 65.9 Å². The van der Waals surface area contributed by atoms with Crippen LogP contribution >= 0.6 is 0 Å². The minimum absolute atomic E-state index is 0.00718. The van der Waals surface area contributed by atoms with E-state index < -0.39 is 0 Å². The van der Waals surface area contributed by atoms with Gasteiger partial charge in [0, 0.05) is 6.42 Å². The van der Waals surface area contributed by atoms with Gasteiger partial charge < -0.3 is 4.74 Å². The van der Waals surface area contributed by atoms with Crippen molar-refractivity contribution in [1.82, 2.24) is 0 Å². The molecule has 1 aliphatic rings. The second-order valence-corrected chi connectivity index (χ2v) is 5.60. The number of hydrogen-bond acceptors (Lipinski definition) is 2. The van der Waals surface area contributed by atoms with E-state index in [0.29, 0.717) is 24.2 Å². The Bertz CT molecular complexity index is 223. The van der Waals surface area contributed by atoms with Crippen LogP contribution in [0.15, 0.2) is 0 Å². The van der Waals surface area contributed by atoms with Crippen LogP contribution in [0, 0.1) is 17.8 Å². The van der Waals surface area contributed by atoms with Crippen molar-refractivity contribution < 1.29 is 9.53 Å². The van der Waals surface area contributed by atoms with Crippen LogP contribution in [-0.4, -0.2) is 12.1 Å². The molecule has 1 unspecified atom stereocenters. The van der Waals surface area contributed by atoms with Crippen LogP contribution in [0.25, 0.3) is 0 Å². The van der Waals surface area contributed by atoms with Crippen molar-refractivity contribution in [3.05, 3.63) is 0 Å². The zero-order chi connectivity index (χ0) is 12.1. The van der Waals surface area contributed by atoms with Crippen LogP contribution in [0.1, 0.15) is 59.8 Å². The largest absolute Gasteiger partial charge is 0.462 e. The van der Waals surface area contributed by atoms with Crippen molar-refractivity contribution >= 4 is 5.97 Å². The van der Waals surface area contributed by atoms with Gasteiger partial charge in [0.15, 0.2) is 0 Å². The minimum Gasteiger partial charge on any atom is -0.462 e. The highest BCUT2D eigenvalue weighted by Gasteiger charge is 2.33. The van der Waals surface area contributed by atoms with Gasteiger partial charge in [-0.15, -0.1) is 0 Å². The SMILES string of the molecule is CCCC(=O)OC1C[C@H](C)CC[C@H]1C(C)C. The first-order valence-corrected chi connectivity index (χ1v) is 6.74. The number of carbonyl (C=O) groups is 1. The lowest BCUT2D eigenvalue weighted by atomic mass is 9.75. The molecule has 0 aromatic rings. The average molecular weight is 226 g/mol. The first-order chi connectivity index (χ1) is 7.54. The highest BCUT2D eigenvalue weighted by molar-refractivity contribution is 5.69. The summed E-state index contributed by atoms with van der Waals surface area (Å²) in [7, 11) is 0. The number of carbonyl (C=O) groups excluding carboxylic acids is 1. The lowest BCUT2D eigenvalue weighted by molar-refractivity contribution is -0.155. The Morgan fingerprint density at radius 3 is 2.62 bits per heavy atom. The Labute approximate surface area is 99.8 Å².